The Morgan fingerprint density at radius 1 is 0.625 bits per heavy atom. The van der Waals surface area contributed by atoms with Crippen LogP contribution < -0.4 is 11.0 Å². The summed E-state index contributed by atoms with van der Waals surface area (Å²) in [6.07, 6.45) is 24.4. The summed E-state index contributed by atoms with van der Waals surface area (Å²) in [5.41, 5.74) is 6.47. The molecule has 1 saturated heterocycles. The first-order chi connectivity index (χ1) is 11.9. The molecule has 0 atom stereocenters. The maximum absolute atomic E-state index is 3.25. The van der Waals surface area contributed by atoms with Gasteiger partial charge < -0.3 is 0 Å². The topological polar surface area (TPSA) is 27.3 Å². The van der Waals surface area contributed by atoms with Crippen LogP contribution in [0.25, 0.3) is 0 Å². The Morgan fingerprint density at radius 2 is 1.08 bits per heavy atom. The zero-order chi connectivity index (χ0) is 17.1. The Balaban J connectivity index is 1.66. The van der Waals surface area contributed by atoms with Gasteiger partial charge in [0.1, 0.15) is 0 Å². The van der Waals surface area contributed by atoms with Gasteiger partial charge in [-0.1, -0.05) is 103 Å². The van der Waals surface area contributed by atoms with Gasteiger partial charge in [0.05, 0.1) is 0 Å². The van der Waals surface area contributed by atoms with Crippen LogP contribution >= 0.6 is 0 Å². The first-order valence-electron chi connectivity index (χ1n) is 11.2. The van der Waals surface area contributed by atoms with Gasteiger partial charge in [-0.15, -0.1) is 0 Å². The lowest BCUT2D eigenvalue weighted by atomic mass is 10.0. The van der Waals surface area contributed by atoms with Crippen molar-refractivity contribution in [3.63, 3.8) is 0 Å². The van der Waals surface area contributed by atoms with Crippen LogP contribution in [-0.4, -0.2) is 24.6 Å². The lowest BCUT2D eigenvalue weighted by Gasteiger charge is -2.27. The van der Waals surface area contributed by atoms with Crippen molar-refractivity contribution in [1.29, 1.82) is 0 Å². The van der Waals surface area contributed by atoms with Gasteiger partial charge in [-0.25, -0.2) is 10.4 Å². The minimum atomic E-state index is 1.11. The van der Waals surface area contributed by atoms with Crippen LogP contribution in [0.2, 0.25) is 0 Å². The van der Waals surface area contributed by atoms with E-state index in [1.165, 1.54) is 122 Å². The highest BCUT2D eigenvalue weighted by Gasteiger charge is 2.07. The molecule has 0 aromatic heterocycles. The van der Waals surface area contributed by atoms with Gasteiger partial charge in [0, 0.05) is 19.6 Å². The van der Waals surface area contributed by atoms with E-state index in [-0.39, 0.29) is 0 Å². The Hall–Kier alpha value is -0.120. The first kappa shape index (κ1) is 21.9. The predicted molar refractivity (Wildman–Crippen MR) is 107 cm³/mol. The molecule has 1 aliphatic rings. The van der Waals surface area contributed by atoms with Gasteiger partial charge in [-0.3, -0.25) is 0 Å². The number of hydrogen-bond donors (Lipinski definition) is 2. The third kappa shape index (κ3) is 14.2. The standard InChI is InChI=1S/C21H45N3/c1-2-3-4-5-6-7-8-9-10-11-12-13-14-15-16-17-20-24-21-18-19-22-23-24/h22-23H,2-21H2,1H3. The molecule has 0 aromatic carbocycles. The van der Waals surface area contributed by atoms with Gasteiger partial charge in [-0.2, -0.15) is 5.53 Å². The monoisotopic (exact) mass is 339 g/mol. The molecule has 0 radical (unpaired) electrons. The quantitative estimate of drug-likeness (QED) is 0.320. The van der Waals surface area contributed by atoms with E-state index >= 15 is 0 Å². The van der Waals surface area contributed by atoms with Gasteiger partial charge in [0.25, 0.3) is 0 Å². The average molecular weight is 340 g/mol. The lowest BCUT2D eigenvalue weighted by molar-refractivity contribution is 0.114. The SMILES string of the molecule is CCCCCCCCCCCCCCCCCCN1CCCNN1. The largest absolute Gasteiger partial charge is 0.244 e. The van der Waals surface area contributed by atoms with Crippen LogP contribution in [0.1, 0.15) is 116 Å². The van der Waals surface area contributed by atoms with Crippen molar-refractivity contribution >= 4 is 0 Å². The number of hydrazine groups is 2. The van der Waals surface area contributed by atoms with E-state index in [9.17, 15) is 0 Å². The maximum atomic E-state index is 3.25. The molecule has 0 aliphatic carbocycles. The van der Waals surface area contributed by atoms with Crippen molar-refractivity contribution < 1.29 is 0 Å². The molecular weight excluding hydrogens is 294 g/mol. The molecule has 3 heteroatoms. The number of hydrogen-bond acceptors (Lipinski definition) is 3. The maximum Gasteiger partial charge on any atom is 0.0156 e. The van der Waals surface area contributed by atoms with Gasteiger partial charge in [0.15, 0.2) is 0 Å². The minimum Gasteiger partial charge on any atom is -0.244 e. The van der Waals surface area contributed by atoms with E-state index in [1.54, 1.807) is 0 Å². The molecule has 1 heterocycles. The molecule has 0 amide bonds. The molecule has 0 spiro atoms. The lowest BCUT2D eigenvalue weighted by Crippen LogP contribution is -2.52. The van der Waals surface area contributed by atoms with Crippen LogP contribution in [0, 0.1) is 0 Å². The second-order valence-electron chi connectivity index (χ2n) is 7.68. The predicted octanol–water partition coefficient (Wildman–Crippen LogP) is 5.96. The van der Waals surface area contributed by atoms with E-state index in [4.69, 9.17) is 0 Å². The molecule has 144 valence electrons. The highest BCUT2D eigenvalue weighted by molar-refractivity contribution is 4.58. The van der Waals surface area contributed by atoms with E-state index in [2.05, 4.69) is 22.9 Å². The highest BCUT2D eigenvalue weighted by Crippen LogP contribution is 2.13. The van der Waals surface area contributed by atoms with Crippen molar-refractivity contribution in [2.24, 2.45) is 0 Å². The molecule has 2 N–H and O–H groups in total. The summed E-state index contributed by atoms with van der Waals surface area (Å²) < 4.78 is 0. The summed E-state index contributed by atoms with van der Waals surface area (Å²) in [6.45, 7) is 5.80. The second-order valence-corrected chi connectivity index (χ2v) is 7.68. The molecule has 1 fully saturated rings. The van der Waals surface area contributed by atoms with Crippen molar-refractivity contribution in [2.45, 2.75) is 116 Å². The van der Waals surface area contributed by atoms with E-state index in [0.29, 0.717) is 0 Å². The van der Waals surface area contributed by atoms with Crippen molar-refractivity contribution in [3.8, 4) is 0 Å². The van der Waals surface area contributed by atoms with Gasteiger partial charge in [0.2, 0.25) is 0 Å². The summed E-state index contributed by atoms with van der Waals surface area (Å²) in [6, 6.07) is 0. The normalized spacial score (nSPS) is 15.9. The van der Waals surface area contributed by atoms with Crippen molar-refractivity contribution in [3.05, 3.63) is 0 Å². The number of rotatable bonds is 17. The Kier molecular flexibility index (Phi) is 16.2. The van der Waals surface area contributed by atoms with Crippen molar-refractivity contribution in [2.75, 3.05) is 19.6 Å². The molecule has 0 unspecified atom stereocenters. The van der Waals surface area contributed by atoms with Crippen LogP contribution in [0.5, 0.6) is 0 Å². The first-order valence-corrected chi connectivity index (χ1v) is 11.2. The fourth-order valence-electron chi connectivity index (χ4n) is 3.60. The molecular formula is C21H45N3. The summed E-state index contributed by atoms with van der Waals surface area (Å²) in [5.74, 6) is 0. The third-order valence-electron chi connectivity index (χ3n) is 5.25. The molecule has 0 bridgehead atoms. The Labute approximate surface area is 152 Å². The average Bonchev–Trinajstić information content (AvgIpc) is 2.62. The minimum absolute atomic E-state index is 1.11. The molecule has 1 rings (SSSR count). The molecule has 24 heavy (non-hydrogen) atoms. The number of unbranched alkanes of at least 4 members (excludes halogenated alkanes) is 15. The van der Waals surface area contributed by atoms with Crippen LogP contribution in [0.15, 0.2) is 0 Å². The van der Waals surface area contributed by atoms with E-state index < -0.39 is 0 Å². The fourth-order valence-corrected chi connectivity index (χ4v) is 3.60. The summed E-state index contributed by atoms with van der Waals surface area (Å²) in [5, 5.41) is 2.33. The summed E-state index contributed by atoms with van der Waals surface area (Å²) in [7, 11) is 0. The number of nitrogens with one attached hydrogen (secondary N) is 2. The zero-order valence-electron chi connectivity index (χ0n) is 16.6. The molecule has 3 nitrogen and oxygen atoms in total. The number of nitrogens with zero attached hydrogens (tertiary/aromatic N) is 1. The van der Waals surface area contributed by atoms with Gasteiger partial charge >= 0.3 is 0 Å². The Bertz CT molecular complexity index is 239. The fraction of sp³-hybridized carbons (Fsp3) is 1.00. The van der Waals surface area contributed by atoms with E-state index in [0.717, 1.165) is 6.54 Å². The van der Waals surface area contributed by atoms with Crippen LogP contribution in [0.4, 0.5) is 0 Å². The zero-order valence-corrected chi connectivity index (χ0v) is 16.6. The second kappa shape index (κ2) is 17.7. The van der Waals surface area contributed by atoms with Crippen LogP contribution in [0.3, 0.4) is 0 Å². The smallest absolute Gasteiger partial charge is 0.0156 e. The Morgan fingerprint density at radius 3 is 1.50 bits per heavy atom. The third-order valence-corrected chi connectivity index (χ3v) is 5.25. The highest BCUT2D eigenvalue weighted by atomic mass is 15.7. The van der Waals surface area contributed by atoms with Crippen molar-refractivity contribution in [1.82, 2.24) is 16.0 Å². The van der Waals surface area contributed by atoms with Gasteiger partial charge in [-0.05, 0) is 12.8 Å². The van der Waals surface area contributed by atoms with Crippen LogP contribution in [-0.2, 0) is 0 Å². The molecule has 0 aromatic rings. The summed E-state index contributed by atoms with van der Waals surface area (Å²) >= 11 is 0. The summed E-state index contributed by atoms with van der Waals surface area (Å²) in [4.78, 5) is 0. The molecule has 0 saturated carbocycles. The molecule has 1 aliphatic heterocycles. The van der Waals surface area contributed by atoms with E-state index in [1.807, 2.05) is 0 Å².